The minimum atomic E-state index is -3.77. The molecule has 0 aliphatic carbocycles. The summed E-state index contributed by atoms with van der Waals surface area (Å²) in [6.07, 6.45) is 2.07. The minimum absolute atomic E-state index is 0.0538. The largest absolute Gasteiger partial charge is 0.492 e. The summed E-state index contributed by atoms with van der Waals surface area (Å²) in [5.41, 5.74) is 1.84. The number of aromatic amines is 1. The van der Waals surface area contributed by atoms with Crippen LogP contribution in [0.4, 0.5) is 5.69 Å². The quantitative estimate of drug-likeness (QED) is 0.909. The van der Waals surface area contributed by atoms with Crippen LogP contribution in [0.1, 0.15) is 11.3 Å². The van der Waals surface area contributed by atoms with E-state index in [0.717, 1.165) is 5.56 Å². The zero-order valence-electron chi connectivity index (χ0n) is 10.6. The predicted octanol–water partition coefficient (Wildman–Crippen LogP) is 2.11. The molecular weight excluding hydrogens is 302 g/mol. The van der Waals surface area contributed by atoms with E-state index >= 15 is 0 Å². The van der Waals surface area contributed by atoms with Crippen molar-refractivity contribution in [2.24, 2.45) is 0 Å². The van der Waals surface area contributed by atoms with Crippen LogP contribution < -0.4 is 9.46 Å². The molecular formula is C12H12ClN3O3S. The Morgan fingerprint density at radius 3 is 2.95 bits per heavy atom. The van der Waals surface area contributed by atoms with E-state index in [4.69, 9.17) is 16.3 Å². The SMILES string of the molecule is Cc1[nH]ncc1NS(=O)(=O)c1cc(Cl)cc2c1OCC2. The van der Waals surface area contributed by atoms with Crippen LogP contribution in [-0.4, -0.2) is 25.2 Å². The van der Waals surface area contributed by atoms with Crippen molar-refractivity contribution in [1.29, 1.82) is 0 Å². The average molecular weight is 314 g/mol. The molecule has 0 saturated heterocycles. The van der Waals surface area contributed by atoms with Crippen molar-refractivity contribution in [1.82, 2.24) is 10.2 Å². The number of sulfonamides is 1. The van der Waals surface area contributed by atoms with E-state index in [1.54, 1.807) is 13.0 Å². The maximum Gasteiger partial charge on any atom is 0.265 e. The molecule has 0 spiro atoms. The molecule has 2 aromatic rings. The Morgan fingerprint density at radius 2 is 2.25 bits per heavy atom. The third kappa shape index (κ3) is 2.23. The number of aromatic nitrogens is 2. The van der Waals surface area contributed by atoms with Crippen LogP contribution in [0, 0.1) is 6.92 Å². The molecule has 1 aromatic heterocycles. The zero-order chi connectivity index (χ0) is 14.3. The molecule has 0 fully saturated rings. The first-order chi connectivity index (χ1) is 9.47. The molecule has 0 amide bonds. The predicted molar refractivity (Wildman–Crippen MR) is 74.8 cm³/mol. The molecule has 2 heterocycles. The Labute approximate surface area is 121 Å². The molecule has 3 rings (SSSR count). The van der Waals surface area contributed by atoms with E-state index in [-0.39, 0.29) is 4.90 Å². The summed E-state index contributed by atoms with van der Waals surface area (Å²) in [7, 11) is -3.77. The lowest BCUT2D eigenvalue weighted by Gasteiger charge is -2.11. The standard InChI is InChI=1S/C12H12ClN3O3S/c1-7-10(6-14-15-7)16-20(17,18)11-5-9(13)4-8-2-3-19-12(8)11/h4-6,16H,2-3H2,1H3,(H,14,15). The van der Waals surface area contributed by atoms with E-state index in [1.165, 1.54) is 12.3 Å². The summed E-state index contributed by atoms with van der Waals surface area (Å²) in [6.45, 7) is 2.19. The van der Waals surface area contributed by atoms with Crippen LogP contribution in [0.15, 0.2) is 23.2 Å². The summed E-state index contributed by atoms with van der Waals surface area (Å²) in [5, 5.41) is 6.83. The van der Waals surface area contributed by atoms with Gasteiger partial charge in [-0.25, -0.2) is 8.42 Å². The molecule has 1 aliphatic heterocycles. The molecule has 0 atom stereocenters. The van der Waals surface area contributed by atoms with Gasteiger partial charge in [-0.05, 0) is 19.1 Å². The molecule has 0 radical (unpaired) electrons. The fourth-order valence-corrected chi connectivity index (χ4v) is 3.72. The summed E-state index contributed by atoms with van der Waals surface area (Å²) in [5.74, 6) is 0.378. The van der Waals surface area contributed by atoms with Gasteiger partial charge in [0, 0.05) is 17.0 Å². The van der Waals surface area contributed by atoms with Gasteiger partial charge >= 0.3 is 0 Å². The number of aryl methyl sites for hydroxylation is 1. The fraction of sp³-hybridized carbons (Fsp3) is 0.250. The molecule has 6 nitrogen and oxygen atoms in total. The normalized spacial score (nSPS) is 13.9. The van der Waals surface area contributed by atoms with Gasteiger partial charge in [-0.15, -0.1) is 0 Å². The van der Waals surface area contributed by atoms with Crippen molar-refractivity contribution in [3.05, 3.63) is 34.6 Å². The molecule has 1 aromatic carbocycles. The molecule has 2 N–H and O–H groups in total. The Balaban J connectivity index is 2.06. The highest BCUT2D eigenvalue weighted by Gasteiger charge is 2.27. The number of benzene rings is 1. The molecule has 106 valence electrons. The lowest BCUT2D eigenvalue weighted by atomic mass is 10.2. The van der Waals surface area contributed by atoms with E-state index < -0.39 is 10.0 Å². The van der Waals surface area contributed by atoms with Crippen molar-refractivity contribution in [3.63, 3.8) is 0 Å². The maximum atomic E-state index is 12.5. The lowest BCUT2D eigenvalue weighted by Crippen LogP contribution is -2.14. The summed E-state index contributed by atoms with van der Waals surface area (Å²) in [4.78, 5) is 0.0538. The molecule has 0 saturated carbocycles. The Hall–Kier alpha value is -1.73. The molecule has 20 heavy (non-hydrogen) atoms. The fourth-order valence-electron chi connectivity index (χ4n) is 2.09. The summed E-state index contributed by atoms with van der Waals surface area (Å²) >= 11 is 5.98. The second-order valence-electron chi connectivity index (χ2n) is 4.50. The first kappa shape index (κ1) is 13.3. The first-order valence-corrected chi connectivity index (χ1v) is 7.81. The van der Waals surface area contributed by atoms with Gasteiger partial charge < -0.3 is 4.74 Å². The van der Waals surface area contributed by atoms with Crippen molar-refractivity contribution in [2.45, 2.75) is 18.2 Å². The number of halogens is 1. The van der Waals surface area contributed by atoms with Gasteiger partial charge in [0.2, 0.25) is 0 Å². The van der Waals surface area contributed by atoms with Crippen molar-refractivity contribution in [3.8, 4) is 5.75 Å². The maximum absolute atomic E-state index is 12.5. The third-order valence-corrected chi connectivity index (χ3v) is 4.67. The Kier molecular flexibility index (Phi) is 3.10. The molecule has 8 heteroatoms. The smallest absolute Gasteiger partial charge is 0.265 e. The Bertz CT molecular complexity index is 770. The second kappa shape index (κ2) is 4.68. The van der Waals surface area contributed by atoms with Crippen LogP contribution in [-0.2, 0) is 16.4 Å². The summed E-state index contributed by atoms with van der Waals surface area (Å²) < 4.78 is 32.8. The number of anilines is 1. The number of fused-ring (bicyclic) bond motifs is 1. The number of nitrogens with one attached hydrogen (secondary N) is 2. The van der Waals surface area contributed by atoms with Crippen LogP contribution in [0.3, 0.4) is 0 Å². The van der Waals surface area contributed by atoms with Crippen LogP contribution in [0.5, 0.6) is 5.75 Å². The monoisotopic (exact) mass is 313 g/mol. The average Bonchev–Trinajstić information content (AvgIpc) is 2.97. The van der Waals surface area contributed by atoms with E-state index in [0.29, 0.717) is 35.2 Å². The van der Waals surface area contributed by atoms with Gasteiger partial charge in [-0.1, -0.05) is 11.6 Å². The number of ether oxygens (including phenoxy) is 1. The Morgan fingerprint density at radius 1 is 1.45 bits per heavy atom. The molecule has 1 aliphatic rings. The lowest BCUT2D eigenvalue weighted by molar-refractivity contribution is 0.348. The van der Waals surface area contributed by atoms with E-state index in [9.17, 15) is 8.42 Å². The number of rotatable bonds is 3. The first-order valence-electron chi connectivity index (χ1n) is 5.95. The van der Waals surface area contributed by atoms with Crippen molar-refractivity contribution < 1.29 is 13.2 Å². The van der Waals surface area contributed by atoms with Crippen LogP contribution >= 0.6 is 11.6 Å². The number of hydrogen-bond donors (Lipinski definition) is 2. The van der Waals surface area contributed by atoms with Crippen molar-refractivity contribution in [2.75, 3.05) is 11.3 Å². The van der Waals surface area contributed by atoms with Crippen LogP contribution in [0.2, 0.25) is 5.02 Å². The van der Waals surface area contributed by atoms with Gasteiger partial charge in [-0.3, -0.25) is 9.82 Å². The summed E-state index contributed by atoms with van der Waals surface area (Å²) in [6, 6.07) is 3.12. The topological polar surface area (TPSA) is 84.1 Å². The van der Waals surface area contributed by atoms with Crippen LogP contribution in [0.25, 0.3) is 0 Å². The number of hydrogen-bond acceptors (Lipinski definition) is 4. The minimum Gasteiger partial charge on any atom is -0.492 e. The highest BCUT2D eigenvalue weighted by atomic mass is 35.5. The van der Waals surface area contributed by atoms with Crippen molar-refractivity contribution >= 4 is 27.3 Å². The van der Waals surface area contributed by atoms with Gasteiger partial charge in [0.25, 0.3) is 10.0 Å². The second-order valence-corrected chi connectivity index (χ2v) is 6.59. The third-order valence-electron chi connectivity index (χ3n) is 3.08. The highest BCUT2D eigenvalue weighted by molar-refractivity contribution is 7.92. The number of H-pyrrole nitrogens is 1. The van der Waals surface area contributed by atoms with Gasteiger partial charge in [0.1, 0.15) is 10.6 Å². The molecule has 0 unspecified atom stereocenters. The van der Waals surface area contributed by atoms with E-state index in [2.05, 4.69) is 14.9 Å². The van der Waals surface area contributed by atoms with Gasteiger partial charge in [0.05, 0.1) is 24.2 Å². The van der Waals surface area contributed by atoms with Gasteiger partial charge in [-0.2, -0.15) is 5.10 Å². The zero-order valence-corrected chi connectivity index (χ0v) is 12.2. The molecule has 0 bridgehead atoms. The number of nitrogens with zero attached hydrogens (tertiary/aromatic N) is 1. The highest BCUT2D eigenvalue weighted by Crippen LogP contribution is 2.36. The van der Waals surface area contributed by atoms with E-state index in [1.807, 2.05) is 0 Å². The van der Waals surface area contributed by atoms with Gasteiger partial charge in [0.15, 0.2) is 0 Å².